The topological polar surface area (TPSA) is 107 Å². The number of hydrogen-bond donors (Lipinski definition) is 2. The number of rotatable bonds is 7. The molecule has 2 aromatic rings. The van der Waals surface area contributed by atoms with Gasteiger partial charge in [-0.25, -0.2) is 4.39 Å². The second-order valence-corrected chi connectivity index (χ2v) is 9.24. The third-order valence-corrected chi connectivity index (χ3v) is 5.84. The van der Waals surface area contributed by atoms with Crippen molar-refractivity contribution in [2.75, 3.05) is 30.5 Å². The molecule has 0 aliphatic carbocycles. The molecular weight excluding hydrogens is 445 g/mol. The van der Waals surface area contributed by atoms with E-state index in [0.29, 0.717) is 15.9 Å². The molecule has 0 spiro atoms. The minimum atomic E-state index is -0.756. The molecule has 1 aromatic heterocycles. The first-order chi connectivity index (χ1) is 15.5. The van der Waals surface area contributed by atoms with E-state index in [-0.39, 0.29) is 34.8 Å². The highest BCUT2D eigenvalue weighted by atomic mass is 32.1. The van der Waals surface area contributed by atoms with Gasteiger partial charge in [0.15, 0.2) is 5.57 Å². The van der Waals surface area contributed by atoms with Gasteiger partial charge in [0.2, 0.25) is 5.91 Å². The van der Waals surface area contributed by atoms with Gasteiger partial charge < -0.3 is 15.5 Å². The normalized spacial score (nSPS) is 12.7. The molecule has 8 nitrogen and oxygen atoms in total. The van der Waals surface area contributed by atoms with Gasteiger partial charge in [0.25, 0.3) is 11.5 Å². The highest BCUT2D eigenvalue weighted by Gasteiger charge is 2.25. The van der Waals surface area contributed by atoms with Gasteiger partial charge in [-0.2, -0.15) is 5.26 Å². The van der Waals surface area contributed by atoms with Crippen LogP contribution in [0.2, 0.25) is 0 Å². The third kappa shape index (κ3) is 6.08. The van der Waals surface area contributed by atoms with Crippen molar-refractivity contribution in [3.05, 3.63) is 43.8 Å². The summed E-state index contributed by atoms with van der Waals surface area (Å²) in [6, 6.07) is 9.00. The number of nitrogens with zero attached hydrogens (tertiary/aromatic N) is 3. The Kier molecular flexibility index (Phi) is 8.54. The maximum atomic E-state index is 12.8. The average molecular weight is 474 g/mol. The Balaban J connectivity index is 2.45. The van der Waals surface area contributed by atoms with E-state index in [2.05, 4.69) is 10.6 Å². The molecule has 0 fully saturated rings. The first kappa shape index (κ1) is 25.8. The largest absolute Gasteiger partial charge is 0.360 e. The van der Waals surface area contributed by atoms with Crippen LogP contribution in [0.3, 0.4) is 0 Å². The number of aromatic nitrogens is 1. The van der Waals surface area contributed by atoms with Crippen molar-refractivity contribution in [2.24, 2.45) is 5.41 Å². The molecule has 0 aliphatic rings. The summed E-state index contributed by atoms with van der Waals surface area (Å²) in [5, 5.41) is 14.8. The van der Waals surface area contributed by atoms with Crippen LogP contribution in [-0.2, 0) is 16.1 Å². The predicted octanol–water partition coefficient (Wildman–Crippen LogP) is 1.55. The van der Waals surface area contributed by atoms with Crippen LogP contribution in [-0.4, -0.2) is 36.6 Å². The van der Waals surface area contributed by atoms with Crippen LogP contribution in [0.1, 0.15) is 27.7 Å². The summed E-state index contributed by atoms with van der Waals surface area (Å²) in [5.41, 5.74) is 0.219. The predicted molar refractivity (Wildman–Crippen MR) is 129 cm³/mol. The Morgan fingerprint density at radius 2 is 2.03 bits per heavy atom. The fraction of sp³-hybridized carbons (Fsp3) is 0.391. The van der Waals surface area contributed by atoms with E-state index >= 15 is 0 Å². The maximum absolute atomic E-state index is 12.8. The molecule has 176 valence electrons. The molecule has 0 aliphatic heterocycles. The lowest BCUT2D eigenvalue weighted by Crippen LogP contribution is -2.36. The van der Waals surface area contributed by atoms with Crippen molar-refractivity contribution in [1.29, 1.82) is 5.26 Å². The molecule has 0 bridgehead atoms. The zero-order valence-corrected chi connectivity index (χ0v) is 20.2. The summed E-state index contributed by atoms with van der Waals surface area (Å²) in [6.07, 6.45) is 1.50. The lowest BCUT2D eigenvalue weighted by molar-refractivity contribution is -0.125. The van der Waals surface area contributed by atoms with Crippen molar-refractivity contribution in [3.8, 4) is 6.07 Å². The van der Waals surface area contributed by atoms with Gasteiger partial charge in [-0.1, -0.05) is 26.8 Å². The number of carbonyl (C=O) groups is 2. The van der Waals surface area contributed by atoms with Crippen LogP contribution in [0.25, 0.3) is 11.8 Å². The third-order valence-electron chi connectivity index (χ3n) is 4.71. The first-order valence-electron chi connectivity index (χ1n) is 10.4. The van der Waals surface area contributed by atoms with Crippen molar-refractivity contribution >= 4 is 46.3 Å². The molecule has 2 amide bonds. The fourth-order valence-corrected chi connectivity index (χ4v) is 4.10. The monoisotopic (exact) mass is 473 g/mol. The van der Waals surface area contributed by atoms with Gasteiger partial charge >= 0.3 is 0 Å². The van der Waals surface area contributed by atoms with Crippen LogP contribution < -0.4 is 30.3 Å². The summed E-state index contributed by atoms with van der Waals surface area (Å²) in [5.74, 6) is -0.764. The highest BCUT2D eigenvalue weighted by Crippen LogP contribution is 2.24. The molecule has 0 unspecified atom stereocenters. The maximum Gasteiger partial charge on any atom is 0.270 e. The van der Waals surface area contributed by atoms with E-state index in [1.165, 1.54) is 10.8 Å². The summed E-state index contributed by atoms with van der Waals surface area (Å²) in [6.45, 7) is 6.56. The number of carbonyl (C=O) groups excluding carboxylic acids is 2. The number of nitriles is 1. The number of hydrogen-bond acceptors (Lipinski definition) is 6. The molecule has 1 heterocycles. The Bertz CT molecular complexity index is 1250. The van der Waals surface area contributed by atoms with Gasteiger partial charge in [-0.3, -0.25) is 19.0 Å². The average Bonchev–Trinajstić information content (AvgIpc) is 3.10. The zero-order chi connectivity index (χ0) is 24.8. The van der Waals surface area contributed by atoms with Gasteiger partial charge in [0.1, 0.15) is 21.9 Å². The Morgan fingerprint density at radius 1 is 1.33 bits per heavy atom. The number of halogens is 1. The smallest absolute Gasteiger partial charge is 0.270 e. The highest BCUT2D eigenvalue weighted by molar-refractivity contribution is 7.07. The van der Waals surface area contributed by atoms with Crippen LogP contribution in [0.15, 0.2) is 29.1 Å². The number of benzene rings is 1. The second kappa shape index (κ2) is 10.9. The molecule has 10 heteroatoms. The second-order valence-electron chi connectivity index (χ2n) is 8.21. The van der Waals surface area contributed by atoms with E-state index in [9.17, 15) is 24.0 Å². The lowest BCUT2D eigenvalue weighted by atomic mass is 9.94. The summed E-state index contributed by atoms with van der Waals surface area (Å²) >= 11 is 0.997. The Hall–Kier alpha value is -3.45. The summed E-state index contributed by atoms with van der Waals surface area (Å²) < 4.78 is 14.2. The number of nitrogens with one attached hydrogen (secondary N) is 2. The number of anilines is 2. The van der Waals surface area contributed by atoms with Crippen molar-refractivity contribution in [2.45, 2.75) is 34.2 Å². The number of thiazole rings is 1. The van der Waals surface area contributed by atoms with Crippen LogP contribution in [0.4, 0.5) is 15.8 Å². The molecule has 33 heavy (non-hydrogen) atoms. The van der Waals surface area contributed by atoms with Crippen LogP contribution in [0.5, 0.6) is 0 Å². The minimum absolute atomic E-state index is 0.0389. The van der Waals surface area contributed by atoms with E-state index in [4.69, 9.17) is 0 Å². The SMILES string of the molecule is CCn1c(=O)/c(=C\Nc2cccc(N(C)C(=O)C(C)(C)C)c2)s/c1=C(/C#N)C(=O)NCCF. The van der Waals surface area contributed by atoms with Crippen molar-refractivity contribution < 1.29 is 14.0 Å². The van der Waals surface area contributed by atoms with E-state index in [1.807, 2.05) is 32.9 Å². The van der Waals surface area contributed by atoms with Crippen molar-refractivity contribution in [1.82, 2.24) is 9.88 Å². The Morgan fingerprint density at radius 3 is 2.61 bits per heavy atom. The molecule has 2 N–H and O–H groups in total. The standard InChI is InChI=1S/C23H28FN5O3S/c1-6-29-20(31)18(33-21(29)17(13-25)19(30)26-11-10-24)14-27-15-8-7-9-16(12-15)28(5)22(32)23(2,3)4/h7-9,12,14,27H,6,10-11H2,1-5H3,(H,26,30)/b18-14+,21-17-. The fourth-order valence-electron chi connectivity index (χ4n) is 3.01. The van der Waals surface area contributed by atoms with E-state index in [0.717, 1.165) is 11.3 Å². The molecular formula is C23H28FN5O3S. The van der Waals surface area contributed by atoms with Gasteiger partial charge in [0, 0.05) is 43.1 Å². The minimum Gasteiger partial charge on any atom is -0.360 e. The van der Waals surface area contributed by atoms with Gasteiger partial charge in [0.05, 0.1) is 0 Å². The number of amides is 2. The number of alkyl halides is 1. The quantitative estimate of drug-likeness (QED) is 0.635. The van der Waals surface area contributed by atoms with E-state index in [1.54, 1.807) is 37.1 Å². The van der Waals surface area contributed by atoms with Gasteiger partial charge in [-0.05, 0) is 25.1 Å². The first-order valence-corrected chi connectivity index (χ1v) is 11.2. The van der Waals surface area contributed by atoms with Crippen molar-refractivity contribution in [3.63, 3.8) is 0 Å². The summed E-state index contributed by atoms with van der Waals surface area (Å²) in [7, 11) is 1.70. The van der Waals surface area contributed by atoms with E-state index < -0.39 is 18.0 Å². The van der Waals surface area contributed by atoms with Crippen LogP contribution in [0, 0.1) is 16.7 Å². The van der Waals surface area contributed by atoms with Crippen LogP contribution >= 0.6 is 11.3 Å². The molecule has 0 saturated heterocycles. The molecule has 2 rings (SSSR count). The zero-order valence-electron chi connectivity index (χ0n) is 19.4. The summed E-state index contributed by atoms with van der Waals surface area (Å²) in [4.78, 5) is 39.2. The molecule has 0 saturated carbocycles. The Labute approximate surface area is 195 Å². The lowest BCUT2D eigenvalue weighted by Gasteiger charge is -2.26. The van der Waals surface area contributed by atoms with Gasteiger partial charge in [-0.15, -0.1) is 11.3 Å². The molecule has 0 radical (unpaired) electrons. The molecule has 0 atom stereocenters. The molecule has 1 aromatic carbocycles.